The van der Waals surface area contributed by atoms with Crippen molar-refractivity contribution in [3.63, 3.8) is 0 Å². The quantitative estimate of drug-likeness (QED) is 0.679. The molecule has 0 amide bonds. The zero-order chi connectivity index (χ0) is 13.5. The molecule has 2 N–H and O–H groups in total. The van der Waals surface area contributed by atoms with E-state index in [0.717, 1.165) is 13.1 Å². The maximum Gasteiger partial charge on any atom is 0.0900 e. The highest BCUT2D eigenvalue weighted by molar-refractivity contribution is 4.83. The fraction of sp³-hybridized carbons (Fsp3) is 1.00. The SMILES string of the molecule is COCC(C)OCC(O)CN1C(C)CNCC1C. The van der Waals surface area contributed by atoms with Crippen molar-refractivity contribution >= 4 is 0 Å². The number of methoxy groups -OCH3 is 1. The van der Waals surface area contributed by atoms with Crippen LogP contribution in [0.25, 0.3) is 0 Å². The standard InChI is InChI=1S/C13H28N2O3/c1-10-5-14-6-11(2)15(10)7-13(16)9-18-12(3)8-17-4/h10-14,16H,5-9H2,1-4H3. The van der Waals surface area contributed by atoms with Crippen LogP contribution in [0.4, 0.5) is 0 Å². The zero-order valence-corrected chi connectivity index (χ0v) is 12.1. The molecule has 1 rings (SSSR count). The summed E-state index contributed by atoms with van der Waals surface area (Å²) in [5.41, 5.74) is 0. The Morgan fingerprint density at radius 2 is 1.89 bits per heavy atom. The summed E-state index contributed by atoms with van der Waals surface area (Å²) in [6, 6.07) is 0.916. The minimum atomic E-state index is -0.438. The summed E-state index contributed by atoms with van der Waals surface area (Å²) in [5.74, 6) is 0. The van der Waals surface area contributed by atoms with Crippen LogP contribution in [0.1, 0.15) is 20.8 Å². The number of rotatable bonds is 7. The molecule has 0 aliphatic carbocycles. The lowest BCUT2D eigenvalue weighted by atomic mass is 10.1. The number of nitrogens with zero attached hydrogens (tertiary/aromatic N) is 1. The van der Waals surface area contributed by atoms with E-state index in [2.05, 4.69) is 24.1 Å². The van der Waals surface area contributed by atoms with Crippen LogP contribution < -0.4 is 5.32 Å². The molecule has 4 unspecified atom stereocenters. The third-order valence-electron chi connectivity index (χ3n) is 3.41. The molecule has 5 heteroatoms. The highest BCUT2D eigenvalue weighted by Crippen LogP contribution is 2.10. The predicted molar refractivity (Wildman–Crippen MR) is 71.8 cm³/mol. The molecule has 1 saturated heterocycles. The number of aliphatic hydroxyl groups excluding tert-OH is 1. The van der Waals surface area contributed by atoms with Crippen molar-refractivity contribution in [2.75, 3.05) is 40.0 Å². The molecule has 1 aliphatic heterocycles. The minimum Gasteiger partial charge on any atom is -0.389 e. The van der Waals surface area contributed by atoms with Crippen LogP contribution in [0.3, 0.4) is 0 Å². The van der Waals surface area contributed by atoms with Crippen molar-refractivity contribution < 1.29 is 14.6 Å². The van der Waals surface area contributed by atoms with Crippen molar-refractivity contribution in [1.29, 1.82) is 0 Å². The molecule has 0 aromatic carbocycles. The van der Waals surface area contributed by atoms with Gasteiger partial charge in [-0.05, 0) is 20.8 Å². The largest absolute Gasteiger partial charge is 0.389 e. The van der Waals surface area contributed by atoms with Crippen molar-refractivity contribution in [3.05, 3.63) is 0 Å². The fourth-order valence-corrected chi connectivity index (χ4v) is 2.38. The van der Waals surface area contributed by atoms with Gasteiger partial charge in [0.25, 0.3) is 0 Å². The van der Waals surface area contributed by atoms with E-state index < -0.39 is 6.10 Å². The first-order valence-corrected chi connectivity index (χ1v) is 6.79. The molecule has 0 spiro atoms. The smallest absolute Gasteiger partial charge is 0.0900 e. The lowest BCUT2D eigenvalue weighted by Gasteiger charge is -2.40. The number of nitrogens with one attached hydrogen (secondary N) is 1. The second kappa shape index (κ2) is 8.07. The number of hydrogen-bond acceptors (Lipinski definition) is 5. The van der Waals surface area contributed by atoms with Gasteiger partial charge in [0.2, 0.25) is 0 Å². The van der Waals surface area contributed by atoms with Gasteiger partial charge in [-0.2, -0.15) is 0 Å². The van der Waals surface area contributed by atoms with E-state index in [0.29, 0.717) is 31.8 Å². The normalized spacial score (nSPS) is 29.2. The second-order valence-electron chi connectivity index (χ2n) is 5.31. The Morgan fingerprint density at radius 3 is 2.44 bits per heavy atom. The van der Waals surface area contributed by atoms with Crippen molar-refractivity contribution in [2.45, 2.75) is 45.1 Å². The maximum absolute atomic E-state index is 10.0. The van der Waals surface area contributed by atoms with Gasteiger partial charge < -0.3 is 19.9 Å². The van der Waals surface area contributed by atoms with Crippen LogP contribution in [0.5, 0.6) is 0 Å². The molecule has 1 aliphatic rings. The second-order valence-corrected chi connectivity index (χ2v) is 5.31. The summed E-state index contributed by atoms with van der Waals surface area (Å²) in [5, 5.41) is 13.4. The van der Waals surface area contributed by atoms with Gasteiger partial charge in [-0.15, -0.1) is 0 Å². The molecule has 0 saturated carbocycles. The van der Waals surface area contributed by atoms with E-state index in [-0.39, 0.29) is 6.10 Å². The van der Waals surface area contributed by atoms with Crippen LogP contribution in [-0.4, -0.2) is 74.3 Å². The highest BCUT2D eigenvalue weighted by atomic mass is 16.5. The van der Waals surface area contributed by atoms with Gasteiger partial charge in [-0.3, -0.25) is 4.90 Å². The maximum atomic E-state index is 10.0. The number of β-amino-alcohol motifs (C(OH)–C–C–N with tert-alkyl or cyclic N) is 1. The first kappa shape index (κ1) is 15.9. The van der Waals surface area contributed by atoms with Crippen molar-refractivity contribution in [1.82, 2.24) is 10.2 Å². The van der Waals surface area contributed by atoms with Crippen LogP contribution in [0, 0.1) is 0 Å². The van der Waals surface area contributed by atoms with E-state index in [1.165, 1.54) is 0 Å². The molecule has 5 nitrogen and oxygen atoms in total. The van der Waals surface area contributed by atoms with Crippen LogP contribution >= 0.6 is 0 Å². The summed E-state index contributed by atoms with van der Waals surface area (Å²) in [4.78, 5) is 2.34. The molecule has 0 radical (unpaired) electrons. The summed E-state index contributed by atoms with van der Waals surface area (Å²) < 4.78 is 10.5. The van der Waals surface area contributed by atoms with Gasteiger partial charge in [0.1, 0.15) is 0 Å². The van der Waals surface area contributed by atoms with Crippen LogP contribution in [-0.2, 0) is 9.47 Å². The molecule has 0 aromatic heterocycles. The van der Waals surface area contributed by atoms with Crippen LogP contribution in [0.2, 0.25) is 0 Å². The molecular formula is C13H28N2O3. The van der Waals surface area contributed by atoms with Gasteiger partial charge >= 0.3 is 0 Å². The summed E-state index contributed by atoms with van der Waals surface area (Å²) in [6.45, 7) is 9.89. The lowest BCUT2D eigenvalue weighted by Crippen LogP contribution is -2.57. The first-order chi connectivity index (χ1) is 8.54. The van der Waals surface area contributed by atoms with Gasteiger partial charge in [-0.1, -0.05) is 0 Å². The zero-order valence-electron chi connectivity index (χ0n) is 12.1. The molecule has 4 atom stereocenters. The van der Waals surface area contributed by atoms with E-state index in [1.54, 1.807) is 7.11 Å². The van der Waals surface area contributed by atoms with Crippen molar-refractivity contribution in [2.24, 2.45) is 0 Å². The molecule has 0 bridgehead atoms. The molecule has 108 valence electrons. The summed E-state index contributed by atoms with van der Waals surface area (Å²) >= 11 is 0. The third kappa shape index (κ3) is 5.20. The van der Waals surface area contributed by atoms with E-state index in [1.807, 2.05) is 6.92 Å². The first-order valence-electron chi connectivity index (χ1n) is 6.79. The minimum absolute atomic E-state index is 0.0301. The highest BCUT2D eigenvalue weighted by Gasteiger charge is 2.26. The Labute approximate surface area is 110 Å². The number of ether oxygens (including phenoxy) is 2. The van der Waals surface area contributed by atoms with E-state index in [4.69, 9.17) is 9.47 Å². The molecule has 18 heavy (non-hydrogen) atoms. The van der Waals surface area contributed by atoms with Gasteiger partial charge in [0.15, 0.2) is 0 Å². The Morgan fingerprint density at radius 1 is 1.28 bits per heavy atom. The average Bonchev–Trinajstić information content (AvgIpc) is 2.32. The Kier molecular flexibility index (Phi) is 7.11. The molecule has 1 fully saturated rings. The Bertz CT molecular complexity index is 218. The van der Waals surface area contributed by atoms with Gasteiger partial charge in [0, 0.05) is 38.8 Å². The Balaban J connectivity index is 2.27. The topological polar surface area (TPSA) is 54.0 Å². The molecule has 1 heterocycles. The summed E-state index contributed by atoms with van der Waals surface area (Å²) in [7, 11) is 1.65. The molecule has 0 aromatic rings. The predicted octanol–water partition coefficient (Wildman–Crippen LogP) is 0.0810. The Hall–Kier alpha value is -0.200. The number of hydrogen-bond donors (Lipinski definition) is 2. The van der Waals surface area contributed by atoms with E-state index in [9.17, 15) is 5.11 Å². The average molecular weight is 260 g/mol. The van der Waals surface area contributed by atoms with Crippen LogP contribution in [0.15, 0.2) is 0 Å². The number of piperazine rings is 1. The van der Waals surface area contributed by atoms with Crippen molar-refractivity contribution in [3.8, 4) is 0 Å². The monoisotopic (exact) mass is 260 g/mol. The molecular weight excluding hydrogens is 232 g/mol. The summed E-state index contributed by atoms with van der Waals surface area (Å²) in [6.07, 6.45) is -0.408. The third-order valence-corrected chi connectivity index (χ3v) is 3.41. The van der Waals surface area contributed by atoms with E-state index >= 15 is 0 Å². The fourth-order valence-electron chi connectivity index (χ4n) is 2.38. The van der Waals surface area contributed by atoms with Gasteiger partial charge in [-0.25, -0.2) is 0 Å². The lowest BCUT2D eigenvalue weighted by molar-refractivity contribution is -0.0481. The van der Waals surface area contributed by atoms with Gasteiger partial charge in [0.05, 0.1) is 25.4 Å². The number of aliphatic hydroxyl groups is 1.